The largest absolute Gasteiger partial charge is 0.334 e. The van der Waals surface area contributed by atoms with Gasteiger partial charge >= 0.3 is 6.03 Å². The number of urea groups is 1. The molecule has 0 saturated carbocycles. The molecular formula is C26H31N3O3S. The number of carbonyl (C=O) groups excluding carboxylic acids is 1. The van der Waals surface area contributed by atoms with Gasteiger partial charge in [-0.2, -0.15) is 4.31 Å². The SMILES string of the molecule is CCN(CC)S(=O)(=O)c1ccc(CNC(=O)N(C)Cc2ccccc2-c2ccccc2)cc1. The molecule has 3 aromatic carbocycles. The number of rotatable bonds is 9. The summed E-state index contributed by atoms with van der Waals surface area (Å²) in [5.74, 6) is 0. The number of nitrogens with one attached hydrogen (secondary N) is 1. The molecule has 1 N–H and O–H groups in total. The van der Waals surface area contributed by atoms with Gasteiger partial charge in [0.2, 0.25) is 10.0 Å². The summed E-state index contributed by atoms with van der Waals surface area (Å²) in [6.45, 7) is 5.28. The van der Waals surface area contributed by atoms with Crippen molar-refractivity contribution in [1.29, 1.82) is 0 Å². The zero-order chi connectivity index (χ0) is 23.8. The van der Waals surface area contributed by atoms with Gasteiger partial charge in [0.25, 0.3) is 0 Å². The van der Waals surface area contributed by atoms with E-state index in [0.29, 0.717) is 26.2 Å². The maximum absolute atomic E-state index is 12.7. The third-order valence-corrected chi connectivity index (χ3v) is 7.63. The number of carbonyl (C=O) groups is 1. The number of hydrogen-bond acceptors (Lipinski definition) is 3. The van der Waals surface area contributed by atoms with Gasteiger partial charge in [0.05, 0.1) is 4.90 Å². The lowest BCUT2D eigenvalue weighted by atomic mass is 9.99. The first-order valence-electron chi connectivity index (χ1n) is 11.1. The van der Waals surface area contributed by atoms with Gasteiger partial charge in [-0.3, -0.25) is 0 Å². The Kier molecular flexibility index (Phi) is 8.25. The Hall–Kier alpha value is -3.16. The number of sulfonamides is 1. The molecule has 0 aliphatic heterocycles. The van der Waals surface area contributed by atoms with E-state index in [0.717, 1.165) is 22.3 Å². The van der Waals surface area contributed by atoms with Gasteiger partial charge < -0.3 is 10.2 Å². The Morgan fingerprint density at radius 2 is 1.45 bits per heavy atom. The first-order chi connectivity index (χ1) is 15.9. The lowest BCUT2D eigenvalue weighted by Crippen LogP contribution is -2.36. The van der Waals surface area contributed by atoms with Crippen molar-refractivity contribution in [2.75, 3.05) is 20.1 Å². The Balaban J connectivity index is 1.62. The predicted octanol–water partition coefficient (Wildman–Crippen LogP) is 4.73. The lowest BCUT2D eigenvalue weighted by Gasteiger charge is -2.20. The first-order valence-corrected chi connectivity index (χ1v) is 12.5. The Morgan fingerprint density at radius 1 is 0.848 bits per heavy atom. The van der Waals surface area contributed by atoms with Crippen LogP contribution < -0.4 is 5.32 Å². The minimum absolute atomic E-state index is 0.197. The van der Waals surface area contributed by atoms with Crippen molar-refractivity contribution in [3.05, 3.63) is 90.0 Å². The van der Waals surface area contributed by atoms with E-state index < -0.39 is 10.0 Å². The van der Waals surface area contributed by atoms with Crippen LogP contribution in [0, 0.1) is 0 Å². The molecule has 0 aliphatic rings. The Bertz CT molecular complexity index is 1160. The van der Waals surface area contributed by atoms with E-state index in [1.54, 1.807) is 36.2 Å². The van der Waals surface area contributed by atoms with Crippen molar-refractivity contribution in [3.8, 4) is 11.1 Å². The zero-order valence-corrected chi connectivity index (χ0v) is 20.2. The number of hydrogen-bond donors (Lipinski definition) is 1. The zero-order valence-electron chi connectivity index (χ0n) is 19.4. The van der Waals surface area contributed by atoms with Gasteiger partial charge in [-0.25, -0.2) is 13.2 Å². The molecule has 0 unspecified atom stereocenters. The van der Waals surface area contributed by atoms with Crippen LogP contribution in [0.15, 0.2) is 83.8 Å². The summed E-state index contributed by atoms with van der Waals surface area (Å²) in [6, 6.07) is 24.6. The lowest BCUT2D eigenvalue weighted by molar-refractivity contribution is 0.206. The van der Waals surface area contributed by atoms with E-state index in [2.05, 4.69) is 23.5 Å². The minimum Gasteiger partial charge on any atom is -0.334 e. The number of benzene rings is 3. The molecule has 6 nitrogen and oxygen atoms in total. The van der Waals surface area contributed by atoms with Gasteiger partial charge in [0.1, 0.15) is 0 Å². The monoisotopic (exact) mass is 465 g/mol. The van der Waals surface area contributed by atoms with Gasteiger partial charge in [0.15, 0.2) is 0 Å². The fourth-order valence-electron chi connectivity index (χ4n) is 3.69. The molecule has 0 bridgehead atoms. The fourth-order valence-corrected chi connectivity index (χ4v) is 5.15. The molecule has 0 spiro atoms. The van der Waals surface area contributed by atoms with Crippen LogP contribution in [0.4, 0.5) is 4.79 Å². The third kappa shape index (κ3) is 6.00. The highest BCUT2D eigenvalue weighted by Gasteiger charge is 2.21. The summed E-state index contributed by atoms with van der Waals surface area (Å²) in [6.07, 6.45) is 0. The Labute approximate surface area is 196 Å². The van der Waals surface area contributed by atoms with E-state index in [1.165, 1.54) is 4.31 Å². The second-order valence-electron chi connectivity index (χ2n) is 7.77. The molecule has 3 aromatic rings. The highest BCUT2D eigenvalue weighted by Crippen LogP contribution is 2.24. The van der Waals surface area contributed by atoms with Crippen LogP contribution in [0.3, 0.4) is 0 Å². The quantitative estimate of drug-likeness (QED) is 0.497. The average molecular weight is 466 g/mol. The molecule has 0 aliphatic carbocycles. The van der Waals surface area contributed by atoms with Crippen molar-refractivity contribution >= 4 is 16.1 Å². The summed E-state index contributed by atoms with van der Waals surface area (Å²) >= 11 is 0. The minimum atomic E-state index is -3.49. The van der Waals surface area contributed by atoms with E-state index in [9.17, 15) is 13.2 Å². The van der Waals surface area contributed by atoms with Crippen LogP contribution in [0.25, 0.3) is 11.1 Å². The van der Waals surface area contributed by atoms with Crippen LogP contribution in [0.1, 0.15) is 25.0 Å². The predicted molar refractivity (Wildman–Crippen MR) is 132 cm³/mol. The molecule has 3 rings (SSSR count). The molecule has 0 atom stereocenters. The molecule has 0 aromatic heterocycles. The van der Waals surface area contributed by atoms with Gasteiger partial charge in [-0.15, -0.1) is 0 Å². The Morgan fingerprint density at radius 3 is 2.09 bits per heavy atom. The number of nitrogens with zero attached hydrogens (tertiary/aromatic N) is 2. The molecule has 7 heteroatoms. The average Bonchev–Trinajstić information content (AvgIpc) is 2.84. The van der Waals surface area contributed by atoms with Crippen LogP contribution in [0.5, 0.6) is 0 Å². The summed E-state index contributed by atoms with van der Waals surface area (Å²) in [5, 5.41) is 2.91. The van der Waals surface area contributed by atoms with Crippen LogP contribution >= 0.6 is 0 Å². The third-order valence-electron chi connectivity index (χ3n) is 5.57. The van der Waals surface area contributed by atoms with E-state index in [-0.39, 0.29) is 10.9 Å². The molecule has 0 heterocycles. The second kappa shape index (κ2) is 11.1. The van der Waals surface area contributed by atoms with Gasteiger partial charge in [-0.1, -0.05) is 80.6 Å². The molecule has 0 saturated heterocycles. The van der Waals surface area contributed by atoms with Crippen molar-refractivity contribution in [2.45, 2.75) is 31.8 Å². The molecule has 0 radical (unpaired) electrons. The molecule has 0 fully saturated rings. The smallest absolute Gasteiger partial charge is 0.317 e. The fraction of sp³-hybridized carbons (Fsp3) is 0.269. The molecule has 2 amide bonds. The van der Waals surface area contributed by atoms with Crippen molar-refractivity contribution < 1.29 is 13.2 Å². The summed E-state index contributed by atoms with van der Waals surface area (Å²) in [4.78, 5) is 14.6. The van der Waals surface area contributed by atoms with Crippen LogP contribution in [0.2, 0.25) is 0 Å². The van der Waals surface area contributed by atoms with Crippen molar-refractivity contribution in [3.63, 3.8) is 0 Å². The first kappa shape index (κ1) is 24.5. The van der Waals surface area contributed by atoms with E-state index >= 15 is 0 Å². The van der Waals surface area contributed by atoms with Gasteiger partial charge in [-0.05, 0) is 34.4 Å². The van der Waals surface area contributed by atoms with Crippen LogP contribution in [-0.2, 0) is 23.1 Å². The molecular weight excluding hydrogens is 434 g/mol. The topological polar surface area (TPSA) is 69.7 Å². The molecule has 174 valence electrons. The van der Waals surface area contributed by atoms with E-state index in [1.807, 2.05) is 50.2 Å². The summed E-state index contributed by atoms with van der Waals surface area (Å²) < 4.78 is 26.7. The highest BCUT2D eigenvalue weighted by molar-refractivity contribution is 7.89. The summed E-state index contributed by atoms with van der Waals surface area (Å²) in [7, 11) is -1.73. The standard InChI is InChI=1S/C26H31N3O3S/c1-4-29(5-2)33(31,32)24-17-15-21(16-18-24)19-27-26(30)28(3)20-23-13-9-10-14-25(23)22-11-7-6-8-12-22/h6-18H,4-5,19-20H2,1-3H3,(H,27,30). The van der Waals surface area contributed by atoms with Crippen molar-refractivity contribution in [2.24, 2.45) is 0 Å². The number of amides is 2. The molecule has 33 heavy (non-hydrogen) atoms. The second-order valence-corrected chi connectivity index (χ2v) is 9.71. The maximum atomic E-state index is 12.7. The van der Waals surface area contributed by atoms with Gasteiger partial charge in [0, 0.05) is 33.2 Å². The van der Waals surface area contributed by atoms with Crippen molar-refractivity contribution in [1.82, 2.24) is 14.5 Å². The highest BCUT2D eigenvalue weighted by atomic mass is 32.2. The van der Waals surface area contributed by atoms with Crippen LogP contribution in [-0.4, -0.2) is 43.8 Å². The normalized spacial score (nSPS) is 11.4. The summed E-state index contributed by atoms with van der Waals surface area (Å²) in [5.41, 5.74) is 4.11. The maximum Gasteiger partial charge on any atom is 0.317 e. The van der Waals surface area contributed by atoms with E-state index in [4.69, 9.17) is 0 Å².